The van der Waals surface area contributed by atoms with Crippen LogP contribution < -0.4 is 25.2 Å². The number of thioether (sulfide) groups is 1. The van der Waals surface area contributed by atoms with Crippen LogP contribution in [-0.2, 0) is 22.4 Å². The number of benzene rings is 2. The van der Waals surface area contributed by atoms with Gasteiger partial charge in [-0.25, -0.2) is 10.4 Å². The highest BCUT2D eigenvalue weighted by Gasteiger charge is 2.23. The van der Waals surface area contributed by atoms with Crippen LogP contribution in [0.4, 0.5) is 0 Å². The third-order valence-electron chi connectivity index (χ3n) is 6.51. The van der Waals surface area contributed by atoms with E-state index in [9.17, 15) is 14.4 Å². The van der Waals surface area contributed by atoms with Gasteiger partial charge in [0.25, 0.3) is 11.5 Å². The summed E-state index contributed by atoms with van der Waals surface area (Å²) in [5.41, 5.74) is 4.60. The predicted octanol–water partition coefficient (Wildman–Crippen LogP) is 5.16. The van der Waals surface area contributed by atoms with Crippen LogP contribution in [0.2, 0.25) is 5.02 Å². The van der Waals surface area contributed by atoms with Crippen LogP contribution in [0.1, 0.15) is 35.8 Å². The first-order chi connectivity index (χ1) is 20.3. The minimum Gasteiger partial charge on any atom is -0.493 e. The fraction of sp³-hybridized carbons (Fsp3) is 0.276. The second kappa shape index (κ2) is 13.0. The van der Waals surface area contributed by atoms with Gasteiger partial charge in [0.2, 0.25) is 5.75 Å². The molecule has 1 N–H and O–H groups in total. The third kappa shape index (κ3) is 6.30. The SMILES string of the molecule is COc1cc(C=NNC(=O)CSc2nc3sc4c(c3c(=O)n2-c2ccc(Cl)cc2)CCCC4)cc(OC)c1OC(C)=O. The second-order valence-corrected chi connectivity index (χ2v) is 11.8. The Balaban J connectivity index is 1.37. The van der Waals surface area contributed by atoms with E-state index < -0.39 is 11.9 Å². The van der Waals surface area contributed by atoms with Gasteiger partial charge in [0.1, 0.15) is 4.83 Å². The zero-order valence-electron chi connectivity index (χ0n) is 23.1. The molecule has 0 atom stereocenters. The van der Waals surface area contributed by atoms with Gasteiger partial charge < -0.3 is 14.2 Å². The summed E-state index contributed by atoms with van der Waals surface area (Å²) in [7, 11) is 2.87. The Morgan fingerprint density at radius 1 is 1.14 bits per heavy atom. The van der Waals surface area contributed by atoms with Crippen molar-refractivity contribution in [3.8, 4) is 22.9 Å². The first-order valence-electron chi connectivity index (χ1n) is 13.0. The number of hydrogen-bond donors (Lipinski definition) is 1. The van der Waals surface area contributed by atoms with Gasteiger partial charge in [0.15, 0.2) is 16.7 Å². The van der Waals surface area contributed by atoms with Crippen LogP contribution in [0.3, 0.4) is 0 Å². The van der Waals surface area contributed by atoms with E-state index in [1.165, 1.54) is 32.2 Å². The second-order valence-electron chi connectivity index (χ2n) is 9.33. The minimum atomic E-state index is -0.522. The maximum Gasteiger partial charge on any atom is 0.308 e. The molecule has 5 rings (SSSR count). The molecule has 0 bridgehead atoms. The first kappa shape index (κ1) is 29.6. The van der Waals surface area contributed by atoms with Crippen molar-refractivity contribution in [3.63, 3.8) is 0 Å². The molecule has 0 saturated carbocycles. The number of carbonyl (C=O) groups excluding carboxylic acids is 2. The molecule has 42 heavy (non-hydrogen) atoms. The van der Waals surface area contributed by atoms with Gasteiger partial charge in [-0.1, -0.05) is 23.4 Å². The Morgan fingerprint density at radius 2 is 1.83 bits per heavy atom. The standard InChI is InChI=1S/C29H27ClN4O6S2/c1-16(35)40-26-21(38-2)12-17(13-22(26)39-3)14-31-33-24(36)15-41-29-32-27-25(20-6-4-5-7-23(20)42-27)28(37)34(29)19-10-8-18(30)9-11-19/h8-14H,4-7,15H2,1-3H3,(H,33,36). The van der Waals surface area contributed by atoms with Gasteiger partial charge in [0, 0.05) is 22.4 Å². The van der Waals surface area contributed by atoms with Crippen molar-refractivity contribution in [2.75, 3.05) is 20.0 Å². The summed E-state index contributed by atoms with van der Waals surface area (Å²) < 4.78 is 17.4. The molecule has 218 valence electrons. The van der Waals surface area contributed by atoms with Crippen LogP contribution >= 0.6 is 34.7 Å². The Hall–Kier alpha value is -3.87. The number of methoxy groups -OCH3 is 2. The van der Waals surface area contributed by atoms with Crippen molar-refractivity contribution >= 4 is 63.0 Å². The number of nitrogens with zero attached hydrogens (tertiary/aromatic N) is 3. The summed E-state index contributed by atoms with van der Waals surface area (Å²) in [6, 6.07) is 10.1. The monoisotopic (exact) mass is 626 g/mol. The average molecular weight is 627 g/mol. The number of nitrogens with one attached hydrogen (secondary N) is 1. The number of carbonyl (C=O) groups is 2. The number of hydrazone groups is 1. The molecule has 13 heteroatoms. The van der Waals surface area contributed by atoms with Gasteiger partial charge in [-0.2, -0.15) is 5.10 Å². The molecule has 2 aromatic heterocycles. The highest BCUT2D eigenvalue weighted by Crippen LogP contribution is 2.38. The average Bonchev–Trinajstić information content (AvgIpc) is 3.35. The van der Waals surface area contributed by atoms with E-state index in [1.54, 1.807) is 52.3 Å². The van der Waals surface area contributed by atoms with E-state index in [-0.39, 0.29) is 28.6 Å². The lowest BCUT2D eigenvalue weighted by Crippen LogP contribution is -2.24. The summed E-state index contributed by atoms with van der Waals surface area (Å²) in [6.45, 7) is 1.28. The van der Waals surface area contributed by atoms with Crippen LogP contribution in [0.15, 0.2) is 51.5 Å². The molecule has 0 unspecified atom stereocenters. The topological polar surface area (TPSA) is 121 Å². The normalized spacial score (nSPS) is 12.8. The quantitative estimate of drug-likeness (QED) is 0.0675. The van der Waals surface area contributed by atoms with Gasteiger partial charge in [-0.3, -0.25) is 19.0 Å². The van der Waals surface area contributed by atoms with Crippen molar-refractivity contribution < 1.29 is 23.8 Å². The van der Waals surface area contributed by atoms with E-state index in [0.29, 0.717) is 31.6 Å². The van der Waals surface area contributed by atoms with Crippen LogP contribution in [-0.4, -0.2) is 47.6 Å². The largest absolute Gasteiger partial charge is 0.493 e. The Labute approximate surface area is 254 Å². The van der Waals surface area contributed by atoms with E-state index in [0.717, 1.165) is 43.0 Å². The molecule has 10 nitrogen and oxygen atoms in total. The van der Waals surface area contributed by atoms with Crippen molar-refractivity contribution in [3.05, 3.63) is 67.8 Å². The van der Waals surface area contributed by atoms with Crippen molar-refractivity contribution in [2.24, 2.45) is 5.10 Å². The van der Waals surface area contributed by atoms with E-state index in [2.05, 4.69) is 10.5 Å². The first-order valence-corrected chi connectivity index (χ1v) is 15.2. The van der Waals surface area contributed by atoms with Crippen LogP contribution in [0.5, 0.6) is 17.2 Å². The molecule has 0 radical (unpaired) electrons. The highest BCUT2D eigenvalue weighted by molar-refractivity contribution is 7.99. The Kier molecular flexibility index (Phi) is 9.15. The number of thiophene rings is 1. The molecule has 4 aromatic rings. The highest BCUT2D eigenvalue weighted by atomic mass is 35.5. The van der Waals surface area contributed by atoms with Crippen molar-refractivity contribution in [2.45, 2.75) is 37.8 Å². The van der Waals surface area contributed by atoms with Gasteiger partial charge >= 0.3 is 5.97 Å². The molecular formula is C29H27ClN4O6S2. The third-order valence-corrected chi connectivity index (χ3v) is 8.88. The molecule has 1 aliphatic rings. The van der Waals surface area contributed by atoms with Crippen LogP contribution in [0.25, 0.3) is 15.9 Å². The fourth-order valence-corrected chi connectivity index (χ4v) is 6.89. The summed E-state index contributed by atoms with van der Waals surface area (Å²) in [5.74, 6) is -0.269. The molecule has 1 amide bonds. The molecule has 0 spiro atoms. The molecule has 1 aliphatic carbocycles. The summed E-state index contributed by atoms with van der Waals surface area (Å²) in [4.78, 5) is 44.8. The number of fused-ring (bicyclic) bond motifs is 3. The Bertz CT molecular complexity index is 1720. The lowest BCUT2D eigenvalue weighted by molar-refractivity contribution is -0.132. The predicted molar refractivity (Wildman–Crippen MR) is 164 cm³/mol. The van der Waals surface area contributed by atoms with E-state index >= 15 is 0 Å². The smallest absolute Gasteiger partial charge is 0.308 e. The number of hydrogen-bond acceptors (Lipinski definition) is 10. The van der Waals surface area contributed by atoms with E-state index in [1.807, 2.05) is 0 Å². The number of amides is 1. The number of aromatic nitrogens is 2. The Morgan fingerprint density at radius 3 is 2.50 bits per heavy atom. The van der Waals surface area contributed by atoms with Crippen molar-refractivity contribution in [1.82, 2.24) is 15.0 Å². The summed E-state index contributed by atoms with van der Waals surface area (Å²) in [5, 5.41) is 5.66. The molecule has 0 aliphatic heterocycles. The summed E-state index contributed by atoms with van der Waals surface area (Å²) >= 11 is 8.81. The maximum absolute atomic E-state index is 13.8. The zero-order chi connectivity index (χ0) is 29.8. The summed E-state index contributed by atoms with van der Waals surface area (Å²) in [6.07, 6.45) is 5.37. The van der Waals surface area contributed by atoms with Gasteiger partial charge in [0.05, 0.1) is 37.3 Å². The lowest BCUT2D eigenvalue weighted by Gasteiger charge is -2.13. The molecule has 0 fully saturated rings. The molecule has 0 saturated heterocycles. The number of aryl methyl sites for hydroxylation is 2. The van der Waals surface area contributed by atoms with Gasteiger partial charge in [-0.15, -0.1) is 11.3 Å². The number of rotatable bonds is 9. The number of halogens is 1. The molecular weight excluding hydrogens is 600 g/mol. The molecule has 2 aromatic carbocycles. The van der Waals surface area contributed by atoms with Crippen LogP contribution in [0, 0.1) is 0 Å². The molecule has 2 heterocycles. The maximum atomic E-state index is 13.8. The van der Waals surface area contributed by atoms with E-state index in [4.69, 9.17) is 30.8 Å². The minimum absolute atomic E-state index is 0.0357. The number of ether oxygens (including phenoxy) is 3. The lowest BCUT2D eigenvalue weighted by atomic mass is 9.97. The van der Waals surface area contributed by atoms with Crippen molar-refractivity contribution in [1.29, 1.82) is 0 Å². The van der Waals surface area contributed by atoms with Gasteiger partial charge in [-0.05, 0) is 67.6 Å². The number of esters is 1. The fourth-order valence-electron chi connectivity index (χ4n) is 4.66. The zero-order valence-corrected chi connectivity index (χ0v) is 25.5.